The number of hydrogen-bond acceptors (Lipinski definition) is 6. The van der Waals surface area contributed by atoms with Crippen LogP contribution in [0.15, 0.2) is 72.8 Å². The summed E-state index contributed by atoms with van der Waals surface area (Å²) in [5.41, 5.74) is 12.4. The Balaban J connectivity index is 1.17. The largest absolute Gasteiger partial charge is 0.324 e. The molecule has 402 valence electrons. The molecular weight excluding hydrogens is 929 g/mol. The molecule has 0 spiro atoms. The Kier molecular flexibility index (Phi) is 20.7. The number of unbranched alkanes of at least 4 members (excludes halogenated alkanes) is 24. The van der Waals surface area contributed by atoms with Crippen molar-refractivity contribution in [1.82, 2.24) is 39.9 Å². The molecule has 0 saturated heterocycles. The Bertz CT molecular complexity index is 3140. The van der Waals surface area contributed by atoms with Gasteiger partial charge in [-0.15, -0.1) is 0 Å². The van der Waals surface area contributed by atoms with Crippen LogP contribution in [0.5, 0.6) is 0 Å². The second-order valence-corrected chi connectivity index (χ2v) is 22.6. The zero-order valence-electron chi connectivity index (χ0n) is 47.2. The van der Waals surface area contributed by atoms with Crippen LogP contribution < -0.4 is 0 Å². The van der Waals surface area contributed by atoms with Gasteiger partial charge in [0.1, 0.15) is 22.6 Å². The molecule has 0 atom stereocenters. The predicted molar refractivity (Wildman–Crippen MR) is 323 cm³/mol. The molecule has 0 fully saturated rings. The van der Waals surface area contributed by atoms with Crippen LogP contribution in [0.2, 0.25) is 0 Å². The SMILES string of the molecule is CCCCCCCCCc1ccc2c(c1)-c1nc-2nc2[nH]c(nc3nc(nc4[nH]c(n1)c1ccc(CCCCCCCCC)cc41)-c1cc(CCCCCCCCC)ccc1-3)c1ccc(CCCCCCCCC)cc21. The molecule has 4 aromatic carbocycles. The van der Waals surface area contributed by atoms with Gasteiger partial charge in [0.25, 0.3) is 0 Å². The van der Waals surface area contributed by atoms with Crippen LogP contribution in [0.25, 0.3) is 89.7 Å². The van der Waals surface area contributed by atoms with Crippen molar-refractivity contribution in [3.05, 3.63) is 95.1 Å². The molecule has 9 rings (SSSR count). The number of aromatic nitrogens is 8. The first-order valence-electron chi connectivity index (χ1n) is 30.9. The molecule has 0 radical (unpaired) electrons. The van der Waals surface area contributed by atoms with E-state index in [-0.39, 0.29) is 0 Å². The van der Waals surface area contributed by atoms with E-state index in [1.54, 1.807) is 0 Å². The van der Waals surface area contributed by atoms with Gasteiger partial charge in [0.05, 0.1) is 0 Å². The van der Waals surface area contributed by atoms with Gasteiger partial charge in [-0.05, 0) is 97.9 Å². The fourth-order valence-corrected chi connectivity index (χ4v) is 11.7. The van der Waals surface area contributed by atoms with Gasteiger partial charge < -0.3 is 9.97 Å². The molecule has 8 heteroatoms. The number of fused-ring (bicyclic) bond motifs is 20. The molecule has 2 N–H and O–H groups in total. The first kappa shape index (κ1) is 55.0. The number of nitrogens with zero attached hydrogens (tertiary/aromatic N) is 6. The van der Waals surface area contributed by atoms with Crippen molar-refractivity contribution in [2.24, 2.45) is 0 Å². The highest BCUT2D eigenvalue weighted by molar-refractivity contribution is 6.06. The third kappa shape index (κ3) is 14.4. The van der Waals surface area contributed by atoms with E-state index in [0.29, 0.717) is 23.3 Å². The Labute approximate surface area is 455 Å². The van der Waals surface area contributed by atoms with Crippen molar-refractivity contribution < 1.29 is 0 Å². The molecule has 7 aromatic rings. The summed E-state index contributed by atoms with van der Waals surface area (Å²) >= 11 is 0. The zero-order chi connectivity index (χ0) is 52.3. The number of H-pyrrole nitrogens is 2. The van der Waals surface area contributed by atoms with Gasteiger partial charge in [0.2, 0.25) is 0 Å². The highest BCUT2D eigenvalue weighted by Gasteiger charge is 2.24. The highest BCUT2D eigenvalue weighted by atomic mass is 15.1. The average molecular weight is 1020 g/mol. The number of benzene rings is 4. The molecule has 2 aliphatic heterocycles. The summed E-state index contributed by atoms with van der Waals surface area (Å²) in [5.74, 6) is 2.69. The quantitative estimate of drug-likeness (QED) is 0.0407. The smallest absolute Gasteiger partial charge is 0.164 e. The van der Waals surface area contributed by atoms with Crippen LogP contribution in [0.3, 0.4) is 0 Å². The summed E-state index contributed by atoms with van der Waals surface area (Å²) in [6.45, 7) is 9.16. The fourth-order valence-electron chi connectivity index (χ4n) is 11.7. The lowest BCUT2D eigenvalue weighted by atomic mass is 10.00. The monoisotopic (exact) mass is 1020 g/mol. The first-order valence-corrected chi connectivity index (χ1v) is 30.9. The van der Waals surface area contributed by atoms with E-state index in [1.807, 2.05) is 0 Å². The summed E-state index contributed by atoms with van der Waals surface area (Å²) in [4.78, 5) is 40.1. The summed E-state index contributed by atoms with van der Waals surface area (Å²) in [7, 11) is 0. The molecule has 0 unspecified atom stereocenters. The highest BCUT2D eigenvalue weighted by Crippen LogP contribution is 2.39. The summed E-state index contributed by atoms with van der Waals surface area (Å²) < 4.78 is 0. The number of nitrogens with one attached hydrogen (secondary N) is 2. The first-order chi connectivity index (χ1) is 37.5. The van der Waals surface area contributed by atoms with Crippen LogP contribution in [-0.4, -0.2) is 39.9 Å². The number of hydrogen-bond donors (Lipinski definition) is 2. The lowest BCUT2D eigenvalue weighted by Crippen LogP contribution is -1.90. The minimum Gasteiger partial charge on any atom is -0.324 e. The van der Waals surface area contributed by atoms with Gasteiger partial charge in [0, 0.05) is 43.8 Å². The lowest BCUT2D eigenvalue weighted by Gasteiger charge is -2.05. The van der Waals surface area contributed by atoms with E-state index in [4.69, 9.17) is 29.9 Å². The molecule has 0 saturated carbocycles. The van der Waals surface area contributed by atoms with Gasteiger partial charge in [-0.2, -0.15) is 0 Å². The molecule has 0 amide bonds. The van der Waals surface area contributed by atoms with Crippen molar-refractivity contribution in [3.63, 3.8) is 0 Å². The summed E-state index contributed by atoms with van der Waals surface area (Å²) in [6, 6.07) is 27.5. The van der Waals surface area contributed by atoms with Gasteiger partial charge in [-0.1, -0.05) is 230 Å². The van der Waals surface area contributed by atoms with E-state index in [1.165, 1.54) is 202 Å². The maximum absolute atomic E-state index is 5.52. The standard InChI is InChI=1S/C68H90N8/c1-5-9-13-17-21-25-29-33-49-37-41-53-57(45-49)65-70-61(53)69-62-54-42-38-51(35-31-27-23-19-15-11-7-3)47-59(54)67(71-62)76-68-60-48-52(36-32-28-24-20-16-12-8-4)40-44-56(60)64(75-68)74-66-58-46-50(34-30-26-22-18-14-10-6-2)39-43-55(58)63(72-65)73-66/h37-48H,5-36H2,1-4H3,(H2,69,70,71,72,73,74,75,76). The van der Waals surface area contributed by atoms with E-state index >= 15 is 0 Å². The Morgan fingerprint density at radius 3 is 0.842 bits per heavy atom. The molecule has 2 aliphatic rings. The second kappa shape index (κ2) is 28.6. The second-order valence-electron chi connectivity index (χ2n) is 22.6. The average Bonchev–Trinajstić information content (AvgIpc) is 4.17. The van der Waals surface area contributed by atoms with E-state index in [9.17, 15) is 0 Å². The predicted octanol–water partition coefficient (Wildman–Crippen LogP) is 20.0. The van der Waals surface area contributed by atoms with Gasteiger partial charge in [-0.3, -0.25) is 0 Å². The van der Waals surface area contributed by atoms with Crippen LogP contribution in [0.4, 0.5) is 0 Å². The third-order valence-corrected chi connectivity index (χ3v) is 16.4. The molecule has 8 nitrogen and oxygen atoms in total. The number of rotatable bonds is 32. The van der Waals surface area contributed by atoms with Crippen molar-refractivity contribution in [2.75, 3.05) is 0 Å². The molecule has 8 bridgehead atoms. The van der Waals surface area contributed by atoms with Crippen molar-refractivity contribution >= 4 is 44.1 Å². The fraction of sp³-hybridized carbons (Fsp3) is 0.529. The van der Waals surface area contributed by atoms with Crippen molar-refractivity contribution in [3.8, 4) is 45.6 Å². The van der Waals surface area contributed by atoms with Gasteiger partial charge in [-0.25, -0.2) is 29.9 Å². The van der Waals surface area contributed by atoms with Crippen molar-refractivity contribution in [2.45, 2.75) is 233 Å². The number of aryl methyl sites for hydroxylation is 4. The van der Waals surface area contributed by atoms with Gasteiger partial charge >= 0.3 is 0 Å². The third-order valence-electron chi connectivity index (χ3n) is 16.4. The van der Waals surface area contributed by atoms with Crippen LogP contribution >= 0.6 is 0 Å². The Morgan fingerprint density at radius 2 is 0.513 bits per heavy atom. The summed E-state index contributed by atoms with van der Waals surface area (Å²) in [5, 5.41) is 4.18. The Hall–Kier alpha value is -5.76. The summed E-state index contributed by atoms with van der Waals surface area (Å²) in [6.07, 6.45) is 40.2. The maximum Gasteiger partial charge on any atom is 0.164 e. The molecular formula is C68H90N8. The topological polar surface area (TPSA) is 109 Å². The van der Waals surface area contributed by atoms with Crippen LogP contribution in [0.1, 0.15) is 230 Å². The van der Waals surface area contributed by atoms with Crippen LogP contribution in [0, 0.1) is 0 Å². The lowest BCUT2D eigenvalue weighted by molar-refractivity contribution is 0.589. The minimum absolute atomic E-state index is 0.665. The maximum atomic E-state index is 5.52. The van der Waals surface area contributed by atoms with E-state index in [0.717, 1.165) is 92.1 Å². The van der Waals surface area contributed by atoms with Crippen LogP contribution in [-0.2, 0) is 25.7 Å². The Morgan fingerprint density at radius 1 is 0.250 bits per heavy atom. The molecule has 76 heavy (non-hydrogen) atoms. The molecule has 5 heterocycles. The normalized spacial score (nSPS) is 12.1. The van der Waals surface area contributed by atoms with Gasteiger partial charge in [0.15, 0.2) is 23.3 Å². The van der Waals surface area contributed by atoms with E-state index < -0.39 is 0 Å². The minimum atomic E-state index is 0.665. The number of aromatic amines is 2. The molecule has 0 aliphatic carbocycles. The zero-order valence-corrected chi connectivity index (χ0v) is 47.2. The van der Waals surface area contributed by atoms with Crippen molar-refractivity contribution in [1.29, 1.82) is 0 Å². The molecule has 3 aromatic heterocycles. The van der Waals surface area contributed by atoms with E-state index in [2.05, 4.69) is 110 Å².